The third kappa shape index (κ3) is 3.23. The van der Waals surface area contributed by atoms with Gasteiger partial charge in [-0.3, -0.25) is 9.59 Å². The Morgan fingerprint density at radius 1 is 1.25 bits per heavy atom. The SMILES string of the molecule is O=C(NCC1(C(=O)O)CCCC1)c1ccc(Br)cc1Br. The molecule has 0 saturated heterocycles. The van der Waals surface area contributed by atoms with Crippen LogP contribution in [0, 0.1) is 5.41 Å². The van der Waals surface area contributed by atoms with Crippen LogP contribution >= 0.6 is 31.9 Å². The van der Waals surface area contributed by atoms with Gasteiger partial charge in [-0.2, -0.15) is 0 Å². The van der Waals surface area contributed by atoms with E-state index < -0.39 is 11.4 Å². The Labute approximate surface area is 134 Å². The smallest absolute Gasteiger partial charge is 0.311 e. The molecule has 1 aromatic carbocycles. The number of carbonyl (C=O) groups excluding carboxylic acids is 1. The summed E-state index contributed by atoms with van der Waals surface area (Å²) in [5.41, 5.74) is -0.288. The molecule has 2 rings (SSSR count). The Hall–Kier alpha value is -0.880. The predicted octanol–water partition coefficient (Wildman–Crippen LogP) is 3.59. The zero-order chi connectivity index (χ0) is 14.8. The highest BCUT2D eigenvalue weighted by Crippen LogP contribution is 2.37. The molecule has 0 radical (unpaired) electrons. The van der Waals surface area contributed by atoms with Gasteiger partial charge in [-0.25, -0.2) is 0 Å². The van der Waals surface area contributed by atoms with Gasteiger partial charge in [-0.1, -0.05) is 28.8 Å². The van der Waals surface area contributed by atoms with Gasteiger partial charge >= 0.3 is 5.97 Å². The summed E-state index contributed by atoms with van der Waals surface area (Å²) in [5.74, 6) is -1.07. The van der Waals surface area contributed by atoms with Gasteiger partial charge in [0.25, 0.3) is 5.91 Å². The molecule has 0 bridgehead atoms. The molecule has 4 nitrogen and oxygen atoms in total. The molecule has 20 heavy (non-hydrogen) atoms. The Morgan fingerprint density at radius 2 is 1.90 bits per heavy atom. The van der Waals surface area contributed by atoms with Gasteiger partial charge in [0.2, 0.25) is 0 Å². The van der Waals surface area contributed by atoms with Crippen molar-refractivity contribution >= 4 is 43.7 Å². The molecule has 0 aliphatic heterocycles. The fourth-order valence-corrected chi connectivity index (χ4v) is 3.76. The molecule has 108 valence electrons. The van der Waals surface area contributed by atoms with Gasteiger partial charge < -0.3 is 10.4 Å². The zero-order valence-corrected chi connectivity index (χ0v) is 14.0. The maximum atomic E-state index is 12.1. The highest BCUT2D eigenvalue weighted by atomic mass is 79.9. The maximum Gasteiger partial charge on any atom is 0.311 e. The first-order chi connectivity index (χ1) is 9.44. The second-order valence-electron chi connectivity index (χ2n) is 5.10. The second kappa shape index (κ2) is 6.26. The number of carboxylic acid groups (broad SMARTS) is 1. The van der Waals surface area contributed by atoms with Crippen molar-refractivity contribution in [1.29, 1.82) is 0 Å². The Morgan fingerprint density at radius 3 is 2.45 bits per heavy atom. The molecule has 6 heteroatoms. The molecular weight excluding hydrogens is 390 g/mol. The zero-order valence-electron chi connectivity index (χ0n) is 10.8. The average molecular weight is 405 g/mol. The van der Waals surface area contributed by atoms with E-state index in [1.807, 2.05) is 0 Å². The molecule has 1 saturated carbocycles. The lowest BCUT2D eigenvalue weighted by Gasteiger charge is -2.24. The highest BCUT2D eigenvalue weighted by Gasteiger charge is 2.41. The first-order valence-electron chi connectivity index (χ1n) is 6.41. The molecule has 0 atom stereocenters. The number of amides is 1. The Kier molecular flexibility index (Phi) is 4.86. The van der Waals surface area contributed by atoms with Crippen LogP contribution in [0.15, 0.2) is 27.1 Å². The number of hydrogen-bond acceptors (Lipinski definition) is 2. The predicted molar refractivity (Wildman–Crippen MR) is 82.7 cm³/mol. The standard InChI is InChI=1S/C14H15Br2NO3/c15-9-3-4-10(11(16)7-9)12(18)17-8-14(13(19)20)5-1-2-6-14/h3-4,7H,1-2,5-6,8H2,(H,17,18)(H,19,20). The number of nitrogens with one attached hydrogen (secondary N) is 1. The number of benzene rings is 1. The van der Waals surface area contributed by atoms with Crippen LogP contribution in [0.5, 0.6) is 0 Å². The molecule has 1 fully saturated rings. The summed E-state index contributed by atoms with van der Waals surface area (Å²) in [7, 11) is 0. The second-order valence-corrected chi connectivity index (χ2v) is 6.87. The summed E-state index contributed by atoms with van der Waals surface area (Å²) in [6, 6.07) is 5.27. The van der Waals surface area contributed by atoms with Crippen LogP contribution in [0.25, 0.3) is 0 Å². The van der Waals surface area contributed by atoms with Crippen LogP contribution in [0.1, 0.15) is 36.0 Å². The van der Waals surface area contributed by atoms with Gasteiger partial charge in [0.05, 0.1) is 11.0 Å². The lowest BCUT2D eigenvalue weighted by Crippen LogP contribution is -2.41. The Bertz CT molecular complexity index is 539. The highest BCUT2D eigenvalue weighted by molar-refractivity contribution is 9.11. The molecule has 0 aromatic heterocycles. The van der Waals surface area contributed by atoms with E-state index in [9.17, 15) is 14.7 Å². The summed E-state index contributed by atoms with van der Waals surface area (Å²) in [4.78, 5) is 23.6. The molecule has 0 heterocycles. The first-order valence-corrected chi connectivity index (χ1v) is 8.00. The summed E-state index contributed by atoms with van der Waals surface area (Å²) < 4.78 is 1.55. The van der Waals surface area contributed by atoms with E-state index in [4.69, 9.17) is 0 Å². The van der Waals surface area contributed by atoms with Gasteiger partial charge in [0.1, 0.15) is 0 Å². The number of carbonyl (C=O) groups is 2. The van der Waals surface area contributed by atoms with Crippen molar-refractivity contribution in [2.24, 2.45) is 5.41 Å². The molecule has 1 aromatic rings. The molecule has 0 unspecified atom stereocenters. The normalized spacial score (nSPS) is 16.9. The van der Waals surface area contributed by atoms with Crippen LogP contribution < -0.4 is 5.32 Å². The molecule has 0 spiro atoms. The third-order valence-corrected chi connectivity index (χ3v) is 4.93. The molecule has 1 amide bonds. The molecule has 1 aliphatic carbocycles. The fourth-order valence-electron chi connectivity index (χ4n) is 2.54. The van der Waals surface area contributed by atoms with Crippen LogP contribution in [0.2, 0.25) is 0 Å². The largest absolute Gasteiger partial charge is 0.481 e. The van der Waals surface area contributed by atoms with Crippen molar-refractivity contribution in [2.45, 2.75) is 25.7 Å². The lowest BCUT2D eigenvalue weighted by atomic mass is 9.86. The Balaban J connectivity index is 2.06. The maximum absolute atomic E-state index is 12.1. The van der Waals surface area contributed by atoms with Gasteiger partial charge in [-0.15, -0.1) is 0 Å². The summed E-state index contributed by atoms with van der Waals surface area (Å²) >= 11 is 6.66. The topological polar surface area (TPSA) is 66.4 Å². The van der Waals surface area contributed by atoms with Crippen molar-refractivity contribution in [3.05, 3.63) is 32.7 Å². The third-order valence-electron chi connectivity index (χ3n) is 3.78. The van der Waals surface area contributed by atoms with Crippen molar-refractivity contribution in [2.75, 3.05) is 6.54 Å². The monoisotopic (exact) mass is 403 g/mol. The van der Waals surface area contributed by atoms with Gasteiger partial charge in [0.15, 0.2) is 0 Å². The van der Waals surface area contributed by atoms with E-state index in [0.717, 1.165) is 17.3 Å². The minimum absolute atomic E-state index is 0.184. The first kappa shape index (κ1) is 15.5. The summed E-state index contributed by atoms with van der Waals surface area (Å²) in [6.45, 7) is 0.184. The van der Waals surface area contributed by atoms with Crippen LogP contribution in [0.4, 0.5) is 0 Å². The van der Waals surface area contributed by atoms with Crippen molar-refractivity contribution in [3.8, 4) is 0 Å². The van der Waals surface area contributed by atoms with E-state index in [0.29, 0.717) is 22.9 Å². The fraction of sp³-hybridized carbons (Fsp3) is 0.429. The number of rotatable bonds is 4. The van der Waals surface area contributed by atoms with Crippen molar-refractivity contribution < 1.29 is 14.7 Å². The van der Waals surface area contributed by atoms with Crippen molar-refractivity contribution in [1.82, 2.24) is 5.32 Å². The minimum Gasteiger partial charge on any atom is -0.481 e. The number of halogens is 2. The van der Waals surface area contributed by atoms with E-state index >= 15 is 0 Å². The van der Waals surface area contributed by atoms with Gasteiger partial charge in [-0.05, 0) is 47.0 Å². The van der Waals surface area contributed by atoms with Crippen molar-refractivity contribution in [3.63, 3.8) is 0 Å². The molecular formula is C14H15Br2NO3. The van der Waals surface area contributed by atoms with E-state index in [1.54, 1.807) is 18.2 Å². The number of aliphatic carboxylic acids is 1. The summed E-state index contributed by atoms with van der Waals surface area (Å²) in [6.07, 6.45) is 3.07. The molecule has 1 aliphatic rings. The van der Waals surface area contributed by atoms with Crippen LogP contribution in [-0.2, 0) is 4.79 Å². The summed E-state index contributed by atoms with van der Waals surface area (Å²) in [5, 5.41) is 12.1. The molecule has 2 N–H and O–H groups in total. The lowest BCUT2D eigenvalue weighted by molar-refractivity contribution is -0.148. The number of carboxylic acids is 1. The quantitative estimate of drug-likeness (QED) is 0.805. The average Bonchev–Trinajstić information content (AvgIpc) is 2.86. The minimum atomic E-state index is -0.815. The van der Waals surface area contributed by atoms with E-state index in [-0.39, 0.29) is 12.5 Å². The van der Waals surface area contributed by atoms with E-state index in [2.05, 4.69) is 37.2 Å². The number of hydrogen-bond donors (Lipinski definition) is 2. The van der Waals surface area contributed by atoms with Crippen LogP contribution in [-0.4, -0.2) is 23.5 Å². The van der Waals surface area contributed by atoms with E-state index in [1.165, 1.54) is 0 Å². The van der Waals surface area contributed by atoms with Crippen LogP contribution in [0.3, 0.4) is 0 Å². The van der Waals surface area contributed by atoms with Gasteiger partial charge in [0, 0.05) is 15.5 Å².